The standard InChI is InChI=1S/C21H23Cl3N2O5S/c1-5-30-18(28)14-12(4)15(19(29)31-6-2)32-17(14)26-20(21(22,23)24)25-16(27)13-9-7-11(3)8-10-13/h7-10,20,26H,5-6H2,1-4H3,(H,25,27)/t20-/m1/s1. The van der Waals surface area contributed by atoms with Crippen molar-refractivity contribution in [1.29, 1.82) is 0 Å². The second-order valence-electron chi connectivity index (χ2n) is 6.66. The van der Waals surface area contributed by atoms with Crippen molar-refractivity contribution in [2.45, 2.75) is 37.7 Å². The molecule has 0 aliphatic carbocycles. The van der Waals surface area contributed by atoms with Gasteiger partial charge in [0.05, 0.1) is 18.8 Å². The van der Waals surface area contributed by atoms with E-state index in [-0.39, 0.29) is 28.7 Å². The Kier molecular flexibility index (Phi) is 9.21. The molecule has 174 valence electrons. The quantitative estimate of drug-likeness (QED) is 0.280. The summed E-state index contributed by atoms with van der Waals surface area (Å²) in [7, 11) is 0. The van der Waals surface area contributed by atoms with E-state index < -0.39 is 27.8 Å². The maximum atomic E-state index is 12.7. The maximum absolute atomic E-state index is 12.7. The van der Waals surface area contributed by atoms with Crippen LogP contribution in [-0.4, -0.2) is 41.0 Å². The van der Waals surface area contributed by atoms with Crippen molar-refractivity contribution >= 4 is 69.0 Å². The van der Waals surface area contributed by atoms with Gasteiger partial charge in [-0.2, -0.15) is 0 Å². The van der Waals surface area contributed by atoms with Crippen molar-refractivity contribution in [3.63, 3.8) is 0 Å². The Morgan fingerprint density at radius 3 is 2.09 bits per heavy atom. The lowest BCUT2D eigenvalue weighted by molar-refractivity contribution is 0.0527. The zero-order chi connectivity index (χ0) is 24.1. The molecule has 0 aliphatic rings. The molecule has 2 aromatic rings. The number of anilines is 1. The van der Waals surface area contributed by atoms with E-state index in [0.29, 0.717) is 11.1 Å². The fourth-order valence-electron chi connectivity index (χ4n) is 2.71. The number of hydrogen-bond acceptors (Lipinski definition) is 7. The minimum atomic E-state index is -1.99. The van der Waals surface area contributed by atoms with Crippen molar-refractivity contribution in [2.24, 2.45) is 0 Å². The molecule has 0 saturated carbocycles. The smallest absolute Gasteiger partial charge is 0.348 e. The molecule has 0 bridgehead atoms. The van der Waals surface area contributed by atoms with E-state index in [1.165, 1.54) is 0 Å². The van der Waals surface area contributed by atoms with Crippen LogP contribution in [0.25, 0.3) is 0 Å². The van der Waals surface area contributed by atoms with Gasteiger partial charge in [0.25, 0.3) is 5.91 Å². The van der Waals surface area contributed by atoms with Crippen molar-refractivity contribution < 1.29 is 23.9 Å². The summed E-state index contributed by atoms with van der Waals surface area (Å²) < 4.78 is 8.19. The Labute approximate surface area is 205 Å². The second-order valence-corrected chi connectivity index (χ2v) is 10.0. The largest absolute Gasteiger partial charge is 0.462 e. The highest BCUT2D eigenvalue weighted by Crippen LogP contribution is 2.38. The number of ether oxygens (including phenoxy) is 2. The Hall–Kier alpha value is -2.00. The van der Waals surface area contributed by atoms with E-state index in [9.17, 15) is 14.4 Å². The summed E-state index contributed by atoms with van der Waals surface area (Å²) >= 11 is 19.3. The number of carbonyl (C=O) groups is 3. The van der Waals surface area contributed by atoms with E-state index in [4.69, 9.17) is 44.3 Å². The Bertz CT molecular complexity index is 987. The number of benzene rings is 1. The predicted molar refractivity (Wildman–Crippen MR) is 127 cm³/mol. The van der Waals surface area contributed by atoms with Gasteiger partial charge in [-0.3, -0.25) is 4.79 Å². The number of esters is 2. The zero-order valence-electron chi connectivity index (χ0n) is 17.9. The Morgan fingerprint density at radius 2 is 1.56 bits per heavy atom. The van der Waals surface area contributed by atoms with E-state index in [2.05, 4.69) is 10.6 Å². The normalized spacial score (nSPS) is 12.1. The minimum absolute atomic E-state index is 0.101. The first-order valence-corrected chi connectivity index (χ1v) is 11.6. The third-order valence-electron chi connectivity index (χ3n) is 4.28. The van der Waals surface area contributed by atoms with Gasteiger partial charge < -0.3 is 20.1 Å². The summed E-state index contributed by atoms with van der Waals surface area (Å²) in [6, 6.07) is 6.83. The van der Waals surface area contributed by atoms with Gasteiger partial charge >= 0.3 is 11.9 Å². The second kappa shape index (κ2) is 11.2. The van der Waals surface area contributed by atoms with Crippen LogP contribution in [-0.2, 0) is 9.47 Å². The van der Waals surface area contributed by atoms with Crippen LogP contribution in [0, 0.1) is 13.8 Å². The van der Waals surface area contributed by atoms with Crippen LogP contribution in [0.5, 0.6) is 0 Å². The first-order valence-electron chi connectivity index (χ1n) is 9.67. The van der Waals surface area contributed by atoms with Gasteiger partial charge in [-0.05, 0) is 45.4 Å². The maximum Gasteiger partial charge on any atom is 0.348 e. The number of carbonyl (C=O) groups excluding carboxylic acids is 3. The number of rotatable bonds is 8. The molecule has 1 amide bonds. The van der Waals surface area contributed by atoms with Crippen LogP contribution >= 0.6 is 46.1 Å². The molecule has 0 radical (unpaired) electrons. The van der Waals surface area contributed by atoms with Gasteiger partial charge in [-0.1, -0.05) is 52.5 Å². The fourth-order valence-corrected chi connectivity index (χ4v) is 4.15. The van der Waals surface area contributed by atoms with Crippen LogP contribution in [0.4, 0.5) is 5.00 Å². The van der Waals surface area contributed by atoms with Crippen molar-refractivity contribution in [1.82, 2.24) is 5.32 Å². The molecule has 2 N–H and O–H groups in total. The predicted octanol–water partition coefficient (Wildman–Crippen LogP) is 5.26. The van der Waals surface area contributed by atoms with Gasteiger partial charge in [0.1, 0.15) is 16.0 Å². The van der Waals surface area contributed by atoms with Crippen LogP contribution < -0.4 is 10.6 Å². The molecule has 0 saturated heterocycles. The fraction of sp³-hybridized carbons (Fsp3) is 0.381. The third kappa shape index (κ3) is 6.51. The molecule has 0 aliphatic heterocycles. The molecule has 7 nitrogen and oxygen atoms in total. The number of thiophene rings is 1. The lowest BCUT2D eigenvalue weighted by Crippen LogP contribution is -2.49. The molecule has 11 heteroatoms. The number of alkyl halides is 3. The molecule has 1 heterocycles. The first-order chi connectivity index (χ1) is 15.0. The van der Waals surface area contributed by atoms with E-state index in [1.54, 1.807) is 45.0 Å². The van der Waals surface area contributed by atoms with E-state index in [1.807, 2.05) is 6.92 Å². The molecule has 32 heavy (non-hydrogen) atoms. The van der Waals surface area contributed by atoms with Gasteiger partial charge in [0.15, 0.2) is 0 Å². The summed E-state index contributed by atoms with van der Waals surface area (Å²) in [5.41, 5.74) is 1.81. The Balaban J connectivity index is 2.42. The highest BCUT2D eigenvalue weighted by atomic mass is 35.6. The number of hydrogen-bond donors (Lipinski definition) is 2. The highest BCUT2D eigenvalue weighted by Gasteiger charge is 2.37. The van der Waals surface area contributed by atoms with Gasteiger partial charge in [0, 0.05) is 5.56 Å². The molecule has 0 spiro atoms. The SMILES string of the molecule is CCOC(=O)c1sc(N[C@@H](NC(=O)c2ccc(C)cc2)C(Cl)(Cl)Cl)c(C(=O)OCC)c1C. The molecule has 1 aromatic heterocycles. The van der Waals surface area contributed by atoms with Gasteiger partial charge in [-0.15, -0.1) is 11.3 Å². The Morgan fingerprint density at radius 1 is 1.00 bits per heavy atom. The van der Waals surface area contributed by atoms with Crippen LogP contribution in [0.3, 0.4) is 0 Å². The summed E-state index contributed by atoms with van der Waals surface area (Å²) in [5.74, 6) is -1.75. The third-order valence-corrected chi connectivity index (χ3v) is 6.14. The van der Waals surface area contributed by atoms with Gasteiger partial charge in [0.2, 0.25) is 3.79 Å². The van der Waals surface area contributed by atoms with E-state index in [0.717, 1.165) is 16.9 Å². The molecule has 0 unspecified atom stereocenters. The molecule has 1 aromatic carbocycles. The average molecular weight is 522 g/mol. The summed E-state index contributed by atoms with van der Waals surface area (Å²) in [4.78, 5) is 37.8. The van der Waals surface area contributed by atoms with Crippen LogP contribution in [0.1, 0.15) is 55.4 Å². The molecular formula is C21H23Cl3N2O5S. The molecule has 1 atom stereocenters. The first kappa shape index (κ1) is 26.3. The lowest BCUT2D eigenvalue weighted by atomic mass is 10.1. The number of amides is 1. The van der Waals surface area contributed by atoms with Crippen molar-refractivity contribution in [2.75, 3.05) is 18.5 Å². The molecule has 2 rings (SSSR count). The number of nitrogens with one attached hydrogen (secondary N) is 2. The number of aryl methyl sites for hydroxylation is 1. The van der Waals surface area contributed by atoms with Crippen molar-refractivity contribution in [3.05, 3.63) is 51.4 Å². The molecule has 0 fully saturated rings. The highest BCUT2D eigenvalue weighted by molar-refractivity contribution is 7.18. The van der Waals surface area contributed by atoms with Crippen molar-refractivity contribution in [3.8, 4) is 0 Å². The van der Waals surface area contributed by atoms with Gasteiger partial charge in [-0.25, -0.2) is 9.59 Å². The van der Waals surface area contributed by atoms with Crippen LogP contribution in [0.2, 0.25) is 0 Å². The molecular weight excluding hydrogens is 499 g/mol. The number of halogens is 3. The minimum Gasteiger partial charge on any atom is -0.462 e. The topological polar surface area (TPSA) is 93.7 Å². The summed E-state index contributed by atoms with van der Waals surface area (Å²) in [5, 5.41) is 5.69. The van der Waals surface area contributed by atoms with Crippen LogP contribution in [0.15, 0.2) is 24.3 Å². The zero-order valence-corrected chi connectivity index (χ0v) is 21.0. The lowest BCUT2D eigenvalue weighted by Gasteiger charge is -2.27. The van der Waals surface area contributed by atoms with E-state index >= 15 is 0 Å². The monoisotopic (exact) mass is 520 g/mol. The summed E-state index contributed by atoms with van der Waals surface area (Å²) in [6.07, 6.45) is -1.23. The average Bonchev–Trinajstić information content (AvgIpc) is 3.03. The summed E-state index contributed by atoms with van der Waals surface area (Å²) in [6.45, 7) is 7.11.